The van der Waals surface area contributed by atoms with Crippen molar-refractivity contribution in [2.45, 2.75) is 12.8 Å². The molecule has 0 aliphatic carbocycles. The highest BCUT2D eigenvalue weighted by Gasteiger charge is 2.11. The number of hydrogen-bond acceptors (Lipinski definition) is 3. The zero-order valence-corrected chi connectivity index (χ0v) is 7.47. The lowest BCUT2D eigenvalue weighted by molar-refractivity contribution is -0.138. The summed E-state index contributed by atoms with van der Waals surface area (Å²) in [6.45, 7) is 1.68. The first-order valence-electron chi connectivity index (χ1n) is 3.83. The molecule has 13 heavy (non-hydrogen) atoms. The fourth-order valence-electron chi connectivity index (χ4n) is 0.884. The highest BCUT2D eigenvalue weighted by molar-refractivity contribution is 5.75. The summed E-state index contributed by atoms with van der Waals surface area (Å²) in [7, 11) is 0. The van der Waals surface area contributed by atoms with E-state index in [1.165, 1.54) is 0 Å². The number of hydrogen-bond donors (Lipinski definition) is 3. The summed E-state index contributed by atoms with van der Waals surface area (Å²) in [4.78, 5) is 10.5. The predicted octanol–water partition coefficient (Wildman–Crippen LogP) is 0.694. The molecular weight excluding hydrogens is 168 g/mol. The van der Waals surface area contributed by atoms with E-state index in [4.69, 9.17) is 5.11 Å². The third-order valence-corrected chi connectivity index (χ3v) is 1.67. The highest BCUT2D eigenvalue weighted by atomic mass is 16.4. The van der Waals surface area contributed by atoms with Gasteiger partial charge in [-0.2, -0.15) is 0 Å². The summed E-state index contributed by atoms with van der Waals surface area (Å²) in [5, 5.41) is 8.64. The van der Waals surface area contributed by atoms with Gasteiger partial charge in [0.25, 0.3) is 0 Å². The molecule has 0 heterocycles. The van der Waals surface area contributed by atoms with Gasteiger partial charge in [0, 0.05) is 0 Å². The fraction of sp³-hybridized carbons (Fsp3) is 0.222. The molecule has 4 nitrogen and oxygen atoms in total. The van der Waals surface area contributed by atoms with Gasteiger partial charge >= 0.3 is 5.97 Å². The quantitative estimate of drug-likeness (QED) is 0.463. The fourth-order valence-corrected chi connectivity index (χ4v) is 0.884. The normalized spacial score (nSPS) is 11.0. The maximum atomic E-state index is 10.5. The van der Waals surface area contributed by atoms with Crippen molar-refractivity contribution in [2.75, 3.05) is 0 Å². The van der Waals surface area contributed by atoms with Crippen LogP contribution >= 0.6 is 0 Å². The van der Waals surface area contributed by atoms with Crippen molar-refractivity contribution in [3.05, 3.63) is 35.9 Å². The van der Waals surface area contributed by atoms with Gasteiger partial charge in [0.1, 0.15) is 0 Å². The van der Waals surface area contributed by atoms with Crippen LogP contribution in [0.2, 0.25) is 0 Å². The minimum atomic E-state index is -0.781. The second-order valence-electron chi connectivity index (χ2n) is 2.47. The Kier molecular flexibility index (Phi) is 5.50. The first-order valence-corrected chi connectivity index (χ1v) is 3.83. The maximum absolute atomic E-state index is 10.5. The van der Waals surface area contributed by atoms with Gasteiger partial charge in [0.2, 0.25) is 0 Å². The van der Waals surface area contributed by atoms with Crippen LogP contribution in [0.4, 0.5) is 0 Å². The molecule has 0 aliphatic rings. The predicted molar refractivity (Wildman–Crippen MR) is 50.9 cm³/mol. The van der Waals surface area contributed by atoms with Crippen LogP contribution in [0.3, 0.4) is 0 Å². The van der Waals surface area contributed by atoms with Crippen LogP contribution in [0, 0.1) is 0 Å². The van der Waals surface area contributed by atoms with E-state index >= 15 is 0 Å². The zero-order valence-electron chi connectivity index (χ0n) is 7.47. The third-order valence-electron chi connectivity index (χ3n) is 1.67. The molecule has 1 unspecified atom stereocenters. The van der Waals surface area contributed by atoms with Crippen LogP contribution in [0.1, 0.15) is 18.4 Å². The summed E-state index contributed by atoms with van der Waals surface area (Å²) < 4.78 is 0. The Bertz CT molecular complexity index is 249. The monoisotopic (exact) mass is 182 g/mol. The Labute approximate surface area is 77.1 Å². The van der Waals surface area contributed by atoms with E-state index in [1.54, 1.807) is 6.92 Å². The summed E-state index contributed by atoms with van der Waals surface area (Å²) in [5.41, 5.74) is 0.847. The molecule has 0 amide bonds. The molecule has 0 bridgehead atoms. The number of benzene rings is 1. The average molecular weight is 182 g/mol. The van der Waals surface area contributed by atoms with E-state index in [0.29, 0.717) is 0 Å². The van der Waals surface area contributed by atoms with Gasteiger partial charge in [0.05, 0.1) is 5.92 Å². The van der Waals surface area contributed by atoms with Crippen molar-refractivity contribution in [1.29, 1.82) is 0 Å². The molecule has 1 rings (SSSR count). The van der Waals surface area contributed by atoms with Crippen molar-refractivity contribution < 1.29 is 9.90 Å². The minimum absolute atomic E-state index is 0.406. The van der Waals surface area contributed by atoms with Gasteiger partial charge in [0.15, 0.2) is 0 Å². The molecule has 1 aromatic carbocycles. The molecule has 5 N–H and O–H groups in total. The number of carboxylic acids is 1. The molecule has 0 fully saturated rings. The molecule has 0 radical (unpaired) electrons. The van der Waals surface area contributed by atoms with Crippen LogP contribution in [-0.4, -0.2) is 11.1 Å². The largest absolute Gasteiger partial charge is 0.481 e. The standard InChI is InChI=1S/C9H10O2.H4N2/c1-7(9(10)11)8-5-3-2-4-6-8;1-2/h2-7H,1H3,(H,10,11);1-2H2. The summed E-state index contributed by atoms with van der Waals surface area (Å²) >= 11 is 0. The molecule has 72 valence electrons. The summed E-state index contributed by atoms with van der Waals surface area (Å²) in [6.07, 6.45) is 0. The number of carboxylic acid groups (broad SMARTS) is 1. The molecule has 4 heteroatoms. The maximum Gasteiger partial charge on any atom is 0.310 e. The van der Waals surface area contributed by atoms with Gasteiger partial charge in [-0.25, -0.2) is 0 Å². The smallest absolute Gasteiger partial charge is 0.310 e. The van der Waals surface area contributed by atoms with Gasteiger partial charge in [-0.3, -0.25) is 16.5 Å². The van der Waals surface area contributed by atoms with Crippen LogP contribution in [0.5, 0.6) is 0 Å². The van der Waals surface area contributed by atoms with E-state index in [1.807, 2.05) is 30.3 Å². The average Bonchev–Trinajstić information content (AvgIpc) is 2.21. The molecule has 1 aromatic rings. The molecular formula is C9H14N2O2. The summed E-state index contributed by atoms with van der Waals surface area (Å²) in [5.74, 6) is 6.81. The molecule has 1 atom stereocenters. The number of aliphatic carboxylic acids is 1. The van der Waals surface area contributed by atoms with Crippen molar-refractivity contribution >= 4 is 5.97 Å². The Morgan fingerprint density at radius 3 is 2.15 bits per heavy atom. The van der Waals surface area contributed by atoms with E-state index in [-0.39, 0.29) is 0 Å². The van der Waals surface area contributed by atoms with Crippen molar-refractivity contribution in [3.63, 3.8) is 0 Å². The van der Waals surface area contributed by atoms with E-state index < -0.39 is 11.9 Å². The second kappa shape index (κ2) is 6.16. The van der Waals surface area contributed by atoms with E-state index in [0.717, 1.165) is 5.56 Å². The zero-order chi connectivity index (χ0) is 10.3. The minimum Gasteiger partial charge on any atom is -0.481 e. The lowest BCUT2D eigenvalue weighted by Gasteiger charge is -2.04. The van der Waals surface area contributed by atoms with Crippen LogP contribution in [0.15, 0.2) is 30.3 Å². The van der Waals surface area contributed by atoms with Crippen molar-refractivity contribution in [1.82, 2.24) is 0 Å². The SMILES string of the molecule is CC(C(=O)O)c1ccccc1.NN. The molecule has 0 spiro atoms. The summed E-state index contributed by atoms with van der Waals surface area (Å²) in [6, 6.07) is 9.19. The van der Waals surface area contributed by atoms with Crippen molar-refractivity contribution in [3.8, 4) is 0 Å². The van der Waals surface area contributed by atoms with E-state index in [2.05, 4.69) is 11.7 Å². The molecule has 0 aliphatic heterocycles. The Morgan fingerprint density at radius 2 is 1.77 bits per heavy atom. The van der Waals surface area contributed by atoms with Gasteiger partial charge in [-0.1, -0.05) is 30.3 Å². The number of rotatable bonds is 2. The number of nitrogens with two attached hydrogens (primary N) is 2. The van der Waals surface area contributed by atoms with Crippen LogP contribution in [-0.2, 0) is 4.79 Å². The van der Waals surface area contributed by atoms with Crippen LogP contribution < -0.4 is 11.7 Å². The highest BCUT2D eigenvalue weighted by Crippen LogP contribution is 2.13. The Morgan fingerprint density at radius 1 is 1.31 bits per heavy atom. The first kappa shape index (κ1) is 11.6. The van der Waals surface area contributed by atoms with Gasteiger partial charge in [-0.05, 0) is 12.5 Å². The topological polar surface area (TPSA) is 89.3 Å². The van der Waals surface area contributed by atoms with Crippen molar-refractivity contribution in [2.24, 2.45) is 11.7 Å². The molecule has 0 saturated heterocycles. The van der Waals surface area contributed by atoms with Crippen LogP contribution in [0.25, 0.3) is 0 Å². The molecule has 0 saturated carbocycles. The molecule has 0 aromatic heterocycles. The Hall–Kier alpha value is -1.39. The lowest BCUT2D eigenvalue weighted by Crippen LogP contribution is -2.06. The number of hydrazine groups is 1. The Balaban J connectivity index is 0.000000671. The van der Waals surface area contributed by atoms with E-state index in [9.17, 15) is 4.79 Å². The number of carbonyl (C=O) groups is 1. The van der Waals surface area contributed by atoms with Gasteiger partial charge in [-0.15, -0.1) is 0 Å². The van der Waals surface area contributed by atoms with Gasteiger partial charge < -0.3 is 5.11 Å². The first-order chi connectivity index (χ1) is 6.22. The second-order valence-corrected chi connectivity index (χ2v) is 2.47. The third kappa shape index (κ3) is 3.68. The lowest BCUT2D eigenvalue weighted by atomic mass is 10.0.